The van der Waals surface area contributed by atoms with Gasteiger partial charge in [-0.2, -0.15) is 5.10 Å². The lowest BCUT2D eigenvalue weighted by Gasteiger charge is -2.33. The van der Waals surface area contributed by atoms with E-state index in [2.05, 4.69) is 42.1 Å². The minimum atomic E-state index is -0.375. The maximum atomic E-state index is 10.5. The molecular formula is C16H21N3O. The van der Waals surface area contributed by atoms with E-state index in [1.807, 2.05) is 10.7 Å². The van der Waals surface area contributed by atoms with E-state index in [9.17, 15) is 5.11 Å². The average molecular weight is 271 g/mol. The first-order valence-corrected chi connectivity index (χ1v) is 7.27. The van der Waals surface area contributed by atoms with Crippen molar-refractivity contribution in [1.29, 1.82) is 0 Å². The van der Waals surface area contributed by atoms with E-state index < -0.39 is 0 Å². The third kappa shape index (κ3) is 2.48. The molecule has 0 spiro atoms. The van der Waals surface area contributed by atoms with Crippen molar-refractivity contribution in [2.24, 2.45) is 5.92 Å². The number of rotatable bonds is 5. The van der Waals surface area contributed by atoms with Crippen LogP contribution in [0, 0.1) is 5.92 Å². The summed E-state index contributed by atoms with van der Waals surface area (Å²) in [6.45, 7) is 5.16. The zero-order valence-corrected chi connectivity index (χ0v) is 12.0. The van der Waals surface area contributed by atoms with Gasteiger partial charge in [-0.05, 0) is 23.5 Å². The van der Waals surface area contributed by atoms with E-state index >= 15 is 0 Å². The minimum Gasteiger partial charge on any atom is -0.392 e. The Bertz CT molecular complexity index is 591. The van der Waals surface area contributed by atoms with Crippen LogP contribution in [-0.4, -0.2) is 26.0 Å². The maximum Gasteiger partial charge on any atom is 0.138 e. The van der Waals surface area contributed by atoms with Gasteiger partial charge in [0.05, 0.1) is 6.10 Å². The van der Waals surface area contributed by atoms with Gasteiger partial charge in [-0.15, -0.1) is 0 Å². The van der Waals surface area contributed by atoms with Crippen LogP contribution in [0.15, 0.2) is 30.6 Å². The molecule has 0 saturated heterocycles. The van der Waals surface area contributed by atoms with Gasteiger partial charge in [0, 0.05) is 18.9 Å². The second-order valence-electron chi connectivity index (χ2n) is 6.03. The third-order valence-electron chi connectivity index (χ3n) is 3.98. The molecule has 2 atom stereocenters. The van der Waals surface area contributed by atoms with Crippen LogP contribution in [0.3, 0.4) is 0 Å². The van der Waals surface area contributed by atoms with Crippen LogP contribution >= 0.6 is 0 Å². The molecule has 0 aliphatic heterocycles. The molecule has 1 aliphatic carbocycles. The molecule has 3 rings (SSSR count). The molecule has 1 aromatic carbocycles. The zero-order valence-electron chi connectivity index (χ0n) is 12.0. The highest BCUT2D eigenvalue weighted by atomic mass is 16.3. The first-order valence-electron chi connectivity index (χ1n) is 7.27. The average Bonchev–Trinajstić information content (AvgIpc) is 2.77. The fourth-order valence-corrected chi connectivity index (χ4v) is 2.91. The van der Waals surface area contributed by atoms with Gasteiger partial charge >= 0.3 is 0 Å². The lowest BCUT2D eigenvalue weighted by Crippen LogP contribution is -2.31. The van der Waals surface area contributed by atoms with E-state index in [1.165, 1.54) is 11.1 Å². The van der Waals surface area contributed by atoms with Crippen LogP contribution in [0.1, 0.15) is 36.7 Å². The van der Waals surface area contributed by atoms with E-state index in [4.69, 9.17) is 0 Å². The van der Waals surface area contributed by atoms with Crippen molar-refractivity contribution in [3.8, 4) is 0 Å². The number of aliphatic hydroxyl groups is 1. The number of nitrogens with zero attached hydrogens (tertiary/aromatic N) is 3. The van der Waals surface area contributed by atoms with Crippen LogP contribution < -0.4 is 0 Å². The molecule has 4 heteroatoms. The molecule has 1 heterocycles. The zero-order chi connectivity index (χ0) is 14.1. The van der Waals surface area contributed by atoms with Crippen LogP contribution in [0.2, 0.25) is 0 Å². The summed E-state index contributed by atoms with van der Waals surface area (Å²) >= 11 is 0. The lowest BCUT2D eigenvalue weighted by atomic mass is 9.74. The molecule has 2 aromatic rings. The van der Waals surface area contributed by atoms with Gasteiger partial charge in [-0.3, -0.25) is 0 Å². The number of fused-ring (bicyclic) bond motifs is 1. The number of aromatic nitrogens is 3. The summed E-state index contributed by atoms with van der Waals surface area (Å²) in [5.74, 6) is 1.66. The molecule has 0 radical (unpaired) electrons. The molecule has 1 N–H and O–H groups in total. The van der Waals surface area contributed by atoms with Crippen molar-refractivity contribution in [3.63, 3.8) is 0 Å². The molecule has 1 aliphatic rings. The highest BCUT2D eigenvalue weighted by Crippen LogP contribution is 2.38. The van der Waals surface area contributed by atoms with Gasteiger partial charge in [0.15, 0.2) is 0 Å². The van der Waals surface area contributed by atoms with Crippen LogP contribution in [0.25, 0.3) is 0 Å². The topological polar surface area (TPSA) is 50.9 Å². The Morgan fingerprint density at radius 1 is 1.35 bits per heavy atom. The van der Waals surface area contributed by atoms with Crippen LogP contribution in [0.4, 0.5) is 0 Å². The normalized spacial score (nSPS) is 18.7. The smallest absolute Gasteiger partial charge is 0.138 e. The van der Waals surface area contributed by atoms with E-state index in [-0.39, 0.29) is 12.0 Å². The third-order valence-corrected chi connectivity index (χ3v) is 3.98. The van der Waals surface area contributed by atoms with E-state index in [0.717, 1.165) is 18.8 Å². The van der Waals surface area contributed by atoms with Crippen molar-refractivity contribution in [3.05, 3.63) is 47.5 Å². The number of benzene rings is 1. The molecule has 4 nitrogen and oxygen atoms in total. The Hall–Kier alpha value is -1.68. The molecule has 0 amide bonds. The summed E-state index contributed by atoms with van der Waals surface area (Å²) in [7, 11) is 0. The van der Waals surface area contributed by atoms with Crippen molar-refractivity contribution in [2.45, 2.75) is 45.3 Å². The van der Waals surface area contributed by atoms with Crippen molar-refractivity contribution < 1.29 is 5.11 Å². The van der Waals surface area contributed by atoms with E-state index in [0.29, 0.717) is 12.3 Å². The van der Waals surface area contributed by atoms with Gasteiger partial charge in [0.25, 0.3) is 0 Å². The van der Waals surface area contributed by atoms with Crippen molar-refractivity contribution in [1.82, 2.24) is 14.8 Å². The van der Waals surface area contributed by atoms with E-state index in [1.54, 1.807) is 6.33 Å². The monoisotopic (exact) mass is 271 g/mol. The maximum absolute atomic E-state index is 10.5. The summed E-state index contributed by atoms with van der Waals surface area (Å²) in [5, 5.41) is 14.7. The van der Waals surface area contributed by atoms with Crippen LogP contribution in [-0.2, 0) is 19.4 Å². The summed E-state index contributed by atoms with van der Waals surface area (Å²) in [6, 6.07) is 8.35. The van der Waals surface area contributed by atoms with Crippen molar-refractivity contribution >= 4 is 0 Å². The highest BCUT2D eigenvalue weighted by Gasteiger charge is 2.32. The number of hydrogen-bond acceptors (Lipinski definition) is 3. The molecular weight excluding hydrogens is 250 g/mol. The summed E-state index contributed by atoms with van der Waals surface area (Å²) < 4.78 is 1.92. The van der Waals surface area contributed by atoms with Crippen LogP contribution in [0.5, 0.6) is 0 Å². The standard InChI is InChI=1S/C16H21N3O/c1-11(2)9-19-16(17-10-18-19)8-15(20)14-7-12-5-3-4-6-13(12)14/h3-6,10-11,14-15,20H,7-9H2,1-2H3. The van der Waals surface area contributed by atoms with Gasteiger partial charge in [0.1, 0.15) is 12.2 Å². The fourth-order valence-electron chi connectivity index (χ4n) is 2.91. The number of hydrogen-bond donors (Lipinski definition) is 1. The number of aliphatic hydroxyl groups excluding tert-OH is 1. The predicted molar refractivity (Wildman–Crippen MR) is 77.5 cm³/mol. The highest BCUT2D eigenvalue weighted by molar-refractivity contribution is 5.40. The van der Waals surface area contributed by atoms with Gasteiger partial charge < -0.3 is 5.11 Å². The largest absolute Gasteiger partial charge is 0.392 e. The second-order valence-corrected chi connectivity index (χ2v) is 6.03. The molecule has 0 saturated carbocycles. The molecule has 20 heavy (non-hydrogen) atoms. The van der Waals surface area contributed by atoms with Crippen molar-refractivity contribution in [2.75, 3.05) is 0 Å². The molecule has 2 unspecified atom stereocenters. The summed E-state index contributed by atoms with van der Waals surface area (Å²) in [5.41, 5.74) is 2.65. The fraction of sp³-hybridized carbons (Fsp3) is 0.500. The van der Waals surface area contributed by atoms with Gasteiger partial charge in [-0.1, -0.05) is 38.1 Å². The minimum absolute atomic E-state index is 0.246. The Morgan fingerprint density at radius 3 is 2.90 bits per heavy atom. The predicted octanol–water partition coefficient (Wildman–Crippen LogP) is 2.18. The SMILES string of the molecule is CC(C)Cn1ncnc1CC(O)C1Cc2ccccc21. The van der Waals surface area contributed by atoms with Gasteiger partial charge in [0.2, 0.25) is 0 Å². The quantitative estimate of drug-likeness (QED) is 0.907. The Balaban J connectivity index is 1.69. The molecule has 0 bridgehead atoms. The summed E-state index contributed by atoms with van der Waals surface area (Å²) in [6.07, 6.45) is 2.75. The molecule has 106 valence electrons. The Kier molecular flexibility index (Phi) is 3.57. The Morgan fingerprint density at radius 2 is 2.15 bits per heavy atom. The first-order chi connectivity index (χ1) is 9.65. The first kappa shape index (κ1) is 13.3. The molecule has 0 fully saturated rings. The lowest BCUT2D eigenvalue weighted by molar-refractivity contribution is 0.129. The van der Waals surface area contributed by atoms with Gasteiger partial charge in [-0.25, -0.2) is 9.67 Å². The second kappa shape index (κ2) is 5.37. The Labute approximate surface area is 119 Å². The molecule has 1 aromatic heterocycles. The summed E-state index contributed by atoms with van der Waals surface area (Å²) in [4.78, 5) is 4.30.